The van der Waals surface area contributed by atoms with Crippen molar-refractivity contribution in [3.63, 3.8) is 0 Å². The minimum Gasteiger partial charge on any atom is -0.354 e. The topological polar surface area (TPSA) is 58.1 Å². The van der Waals surface area contributed by atoms with Gasteiger partial charge in [0.15, 0.2) is 0 Å². The zero-order valence-electron chi connectivity index (χ0n) is 12.6. The molecule has 1 atom stereocenters. The van der Waals surface area contributed by atoms with E-state index >= 15 is 0 Å². The number of nitrogens with one attached hydrogen (secondary N) is 1. The molecule has 5 nitrogen and oxygen atoms in total. The van der Waals surface area contributed by atoms with E-state index in [1.54, 1.807) is 24.4 Å². The molecule has 8 heteroatoms. The van der Waals surface area contributed by atoms with Crippen molar-refractivity contribution >= 4 is 11.7 Å². The molecular weight excluding hydrogens is 321 g/mol. The molecule has 24 heavy (non-hydrogen) atoms. The maximum atomic E-state index is 12.6. The summed E-state index contributed by atoms with van der Waals surface area (Å²) in [7, 11) is 0. The predicted octanol–water partition coefficient (Wildman–Crippen LogP) is 2.50. The van der Waals surface area contributed by atoms with E-state index in [0.717, 1.165) is 12.3 Å². The number of hydrogen-bond donors (Lipinski definition) is 1. The molecule has 0 bridgehead atoms. The summed E-state index contributed by atoms with van der Waals surface area (Å²) in [6.45, 7) is 1.11. The summed E-state index contributed by atoms with van der Waals surface area (Å²) < 4.78 is 37.7. The van der Waals surface area contributed by atoms with Crippen molar-refractivity contribution in [3.8, 4) is 0 Å². The van der Waals surface area contributed by atoms with Crippen LogP contribution in [0, 0.1) is 0 Å². The van der Waals surface area contributed by atoms with Gasteiger partial charge in [-0.25, -0.2) is 4.98 Å². The van der Waals surface area contributed by atoms with Gasteiger partial charge in [0, 0.05) is 31.5 Å². The lowest BCUT2D eigenvalue weighted by molar-refractivity contribution is -0.137. The van der Waals surface area contributed by atoms with Gasteiger partial charge < -0.3 is 10.2 Å². The molecule has 3 heterocycles. The minimum absolute atomic E-state index is 0.0939. The fourth-order valence-electron chi connectivity index (χ4n) is 2.58. The van der Waals surface area contributed by atoms with Crippen molar-refractivity contribution < 1.29 is 18.0 Å². The Labute approximate surface area is 136 Å². The largest absolute Gasteiger partial charge is 0.417 e. The quantitative estimate of drug-likeness (QED) is 0.936. The number of amides is 1. The highest BCUT2D eigenvalue weighted by Gasteiger charge is 2.31. The fraction of sp³-hybridized carbons (Fsp3) is 0.312. The molecule has 1 amide bonds. The van der Waals surface area contributed by atoms with Gasteiger partial charge in [-0.1, -0.05) is 6.07 Å². The molecule has 2 aromatic heterocycles. The second-order valence-electron chi connectivity index (χ2n) is 5.52. The second-order valence-corrected chi connectivity index (χ2v) is 5.52. The Hall–Kier alpha value is -2.64. The third kappa shape index (κ3) is 3.64. The molecule has 0 aliphatic carbocycles. The van der Waals surface area contributed by atoms with E-state index in [-0.39, 0.29) is 11.9 Å². The molecule has 1 aliphatic heterocycles. The third-order valence-electron chi connectivity index (χ3n) is 3.82. The van der Waals surface area contributed by atoms with Gasteiger partial charge >= 0.3 is 6.18 Å². The number of nitrogens with zero attached hydrogens (tertiary/aromatic N) is 3. The van der Waals surface area contributed by atoms with Crippen LogP contribution in [0.1, 0.15) is 22.5 Å². The Morgan fingerprint density at radius 3 is 2.67 bits per heavy atom. The molecule has 1 saturated heterocycles. The number of rotatable bonds is 3. The van der Waals surface area contributed by atoms with Gasteiger partial charge in [0.25, 0.3) is 5.91 Å². The van der Waals surface area contributed by atoms with Crippen LogP contribution in [0.5, 0.6) is 0 Å². The number of pyridine rings is 2. The number of anilines is 1. The predicted molar refractivity (Wildman–Crippen MR) is 81.6 cm³/mol. The Morgan fingerprint density at radius 2 is 2.04 bits per heavy atom. The first kappa shape index (κ1) is 16.2. The lowest BCUT2D eigenvalue weighted by atomic mass is 10.2. The molecule has 126 valence electrons. The molecule has 0 saturated carbocycles. The SMILES string of the molecule is O=C(N[C@H]1CCN(c2ccc(C(F)(F)F)cn2)C1)c1ccccn1. The summed E-state index contributed by atoms with van der Waals surface area (Å²) in [4.78, 5) is 21.8. The van der Waals surface area contributed by atoms with Crippen LogP contribution in [0.2, 0.25) is 0 Å². The number of halogens is 3. The van der Waals surface area contributed by atoms with E-state index in [4.69, 9.17) is 0 Å². The summed E-state index contributed by atoms with van der Waals surface area (Å²) in [5.41, 5.74) is -0.436. The molecular formula is C16H15F3N4O. The molecule has 0 radical (unpaired) electrons. The average Bonchev–Trinajstić information content (AvgIpc) is 3.03. The number of hydrogen-bond acceptors (Lipinski definition) is 4. The minimum atomic E-state index is -4.39. The van der Waals surface area contributed by atoms with E-state index in [0.29, 0.717) is 31.0 Å². The lowest BCUT2D eigenvalue weighted by Crippen LogP contribution is -2.37. The second kappa shape index (κ2) is 6.46. The molecule has 1 aliphatic rings. The summed E-state index contributed by atoms with van der Waals surface area (Å²) in [6, 6.07) is 7.36. The van der Waals surface area contributed by atoms with Crippen molar-refractivity contribution in [1.29, 1.82) is 0 Å². The number of alkyl halides is 3. The smallest absolute Gasteiger partial charge is 0.354 e. The highest BCUT2D eigenvalue weighted by atomic mass is 19.4. The van der Waals surface area contributed by atoms with E-state index in [1.807, 2.05) is 4.90 Å². The molecule has 0 spiro atoms. The van der Waals surface area contributed by atoms with Gasteiger partial charge in [0.05, 0.1) is 5.56 Å². The summed E-state index contributed by atoms with van der Waals surface area (Å²) in [5.74, 6) is 0.209. The van der Waals surface area contributed by atoms with Gasteiger partial charge in [-0.05, 0) is 30.7 Å². The van der Waals surface area contributed by atoms with Crippen LogP contribution in [0.4, 0.5) is 19.0 Å². The molecule has 1 N–H and O–H groups in total. The molecule has 2 aromatic rings. The Balaban J connectivity index is 1.60. The summed E-state index contributed by atoms with van der Waals surface area (Å²) >= 11 is 0. The van der Waals surface area contributed by atoms with Crippen molar-refractivity contribution in [1.82, 2.24) is 15.3 Å². The van der Waals surface area contributed by atoms with Gasteiger partial charge in [0.1, 0.15) is 11.5 Å². The standard InChI is InChI=1S/C16H15F3N4O/c17-16(18,19)11-4-5-14(21-9-11)23-8-6-12(10-23)22-15(24)13-3-1-2-7-20-13/h1-5,7,9,12H,6,8,10H2,(H,22,24)/t12-/m0/s1. The van der Waals surface area contributed by atoms with Crippen LogP contribution in [-0.2, 0) is 6.18 Å². The van der Waals surface area contributed by atoms with Crippen LogP contribution in [-0.4, -0.2) is 35.0 Å². The fourth-order valence-corrected chi connectivity index (χ4v) is 2.58. The molecule has 1 fully saturated rings. The Bertz CT molecular complexity index is 704. The van der Waals surface area contributed by atoms with Gasteiger partial charge in [-0.3, -0.25) is 9.78 Å². The van der Waals surface area contributed by atoms with Crippen molar-refractivity contribution in [2.75, 3.05) is 18.0 Å². The third-order valence-corrected chi connectivity index (χ3v) is 3.82. The van der Waals surface area contributed by atoms with Crippen LogP contribution < -0.4 is 10.2 Å². The molecule has 0 aromatic carbocycles. The number of carbonyl (C=O) groups excluding carboxylic acids is 1. The summed E-state index contributed by atoms with van der Waals surface area (Å²) in [5, 5.41) is 2.88. The van der Waals surface area contributed by atoms with Crippen molar-refractivity contribution in [2.24, 2.45) is 0 Å². The number of carbonyl (C=O) groups is 1. The highest BCUT2D eigenvalue weighted by molar-refractivity contribution is 5.92. The normalized spacial score (nSPS) is 17.8. The zero-order valence-corrected chi connectivity index (χ0v) is 12.6. The number of aromatic nitrogens is 2. The summed E-state index contributed by atoms with van der Waals surface area (Å²) in [6.07, 6.45) is -1.33. The lowest BCUT2D eigenvalue weighted by Gasteiger charge is -2.18. The first-order chi connectivity index (χ1) is 11.4. The van der Waals surface area contributed by atoms with Crippen LogP contribution in [0.25, 0.3) is 0 Å². The van der Waals surface area contributed by atoms with Crippen LogP contribution in [0.3, 0.4) is 0 Å². The van der Waals surface area contributed by atoms with E-state index in [2.05, 4.69) is 15.3 Å². The van der Waals surface area contributed by atoms with Crippen LogP contribution >= 0.6 is 0 Å². The monoisotopic (exact) mass is 336 g/mol. The maximum Gasteiger partial charge on any atom is 0.417 e. The average molecular weight is 336 g/mol. The van der Waals surface area contributed by atoms with Crippen molar-refractivity contribution in [2.45, 2.75) is 18.6 Å². The van der Waals surface area contributed by atoms with Gasteiger partial charge in [-0.2, -0.15) is 13.2 Å². The van der Waals surface area contributed by atoms with E-state index in [9.17, 15) is 18.0 Å². The molecule has 3 rings (SSSR count). The first-order valence-electron chi connectivity index (χ1n) is 7.43. The Morgan fingerprint density at radius 1 is 1.21 bits per heavy atom. The maximum absolute atomic E-state index is 12.6. The van der Waals surface area contributed by atoms with Crippen molar-refractivity contribution in [3.05, 3.63) is 54.0 Å². The first-order valence-corrected chi connectivity index (χ1v) is 7.43. The van der Waals surface area contributed by atoms with E-state index < -0.39 is 11.7 Å². The van der Waals surface area contributed by atoms with Gasteiger partial charge in [0.2, 0.25) is 0 Å². The van der Waals surface area contributed by atoms with Crippen LogP contribution in [0.15, 0.2) is 42.7 Å². The zero-order chi connectivity index (χ0) is 17.2. The highest BCUT2D eigenvalue weighted by Crippen LogP contribution is 2.29. The molecule has 0 unspecified atom stereocenters. The van der Waals surface area contributed by atoms with Gasteiger partial charge in [-0.15, -0.1) is 0 Å². The van der Waals surface area contributed by atoms with E-state index in [1.165, 1.54) is 6.07 Å². The Kier molecular flexibility index (Phi) is 4.37.